The van der Waals surface area contributed by atoms with Crippen molar-refractivity contribution in [1.29, 1.82) is 0 Å². The number of furan rings is 1. The van der Waals surface area contributed by atoms with Gasteiger partial charge in [-0.1, -0.05) is 26.0 Å². The summed E-state index contributed by atoms with van der Waals surface area (Å²) in [7, 11) is 0. The third-order valence-corrected chi connectivity index (χ3v) is 5.79. The highest BCUT2D eigenvalue weighted by Gasteiger charge is 2.28. The number of benzene rings is 2. The van der Waals surface area contributed by atoms with E-state index in [4.69, 9.17) is 13.9 Å². The van der Waals surface area contributed by atoms with Gasteiger partial charge in [0.1, 0.15) is 17.3 Å². The summed E-state index contributed by atoms with van der Waals surface area (Å²) in [5.41, 5.74) is 1.90. The zero-order valence-electron chi connectivity index (χ0n) is 20.7. The molecule has 2 amide bonds. The molecule has 0 spiro atoms. The van der Waals surface area contributed by atoms with Gasteiger partial charge in [0.25, 0.3) is 11.8 Å². The van der Waals surface area contributed by atoms with E-state index < -0.39 is 0 Å². The topological polar surface area (TPSA) is 98.1 Å². The van der Waals surface area contributed by atoms with Gasteiger partial charge in [0.15, 0.2) is 24.8 Å². The normalized spacial score (nSPS) is 12.8. The zero-order chi connectivity index (χ0) is 25.7. The Kier molecular flexibility index (Phi) is 7.73. The lowest BCUT2D eigenvalue weighted by molar-refractivity contribution is -0.121. The number of aryl methyl sites for hydroxylation is 1. The fraction of sp³-hybridized carbons (Fsp3) is 0.321. The minimum absolute atomic E-state index is 0.103. The van der Waals surface area contributed by atoms with E-state index in [0.717, 1.165) is 12.0 Å². The number of rotatable bonds is 10. The number of Topliss-reactive ketones (excluding diaryl/α,β-unsaturated/α-hetero) is 1. The van der Waals surface area contributed by atoms with Crippen LogP contribution in [-0.2, 0) is 11.3 Å². The lowest BCUT2D eigenvalue weighted by atomic mass is 10.1. The first-order chi connectivity index (χ1) is 17.3. The summed E-state index contributed by atoms with van der Waals surface area (Å²) in [6.07, 6.45) is 0.870. The van der Waals surface area contributed by atoms with Crippen LogP contribution in [0, 0.1) is 12.8 Å². The van der Waals surface area contributed by atoms with Gasteiger partial charge in [-0.2, -0.15) is 0 Å². The quantitative estimate of drug-likeness (QED) is 0.419. The maximum atomic E-state index is 12.8. The first-order valence-corrected chi connectivity index (χ1v) is 12.0. The van der Waals surface area contributed by atoms with Gasteiger partial charge in [-0.05, 0) is 67.3 Å². The number of nitrogens with zero attached hydrogens (tertiary/aromatic N) is 1. The predicted octanol–water partition coefficient (Wildman–Crippen LogP) is 4.55. The molecule has 0 saturated carbocycles. The standard InChI is InChI=1S/C28H30N2O6/c1-18(2)11-12-29-28(33)26-10-8-22(36-26)15-30-23-14-20(7-9-25(23)35-17-27(30)32)24(31)16-34-21-6-4-5-19(3)13-21/h4-10,13-14,18H,11-12,15-17H2,1-3H3,(H,29,33). The van der Waals surface area contributed by atoms with Gasteiger partial charge < -0.3 is 19.2 Å². The number of hydrogen-bond donors (Lipinski definition) is 1. The highest BCUT2D eigenvalue weighted by atomic mass is 16.5. The van der Waals surface area contributed by atoms with E-state index >= 15 is 0 Å². The molecule has 0 radical (unpaired) electrons. The van der Waals surface area contributed by atoms with E-state index in [9.17, 15) is 14.4 Å². The van der Waals surface area contributed by atoms with Gasteiger partial charge in [-0.25, -0.2) is 0 Å². The average Bonchev–Trinajstić information content (AvgIpc) is 3.32. The Bertz CT molecular complexity index is 1260. The molecule has 0 bridgehead atoms. The van der Waals surface area contributed by atoms with Crippen LogP contribution in [0.15, 0.2) is 59.0 Å². The van der Waals surface area contributed by atoms with E-state index in [1.807, 2.05) is 25.1 Å². The smallest absolute Gasteiger partial charge is 0.286 e. The van der Waals surface area contributed by atoms with Crippen molar-refractivity contribution in [2.45, 2.75) is 33.7 Å². The Morgan fingerprint density at radius 3 is 2.72 bits per heavy atom. The molecule has 2 heterocycles. The monoisotopic (exact) mass is 490 g/mol. The van der Waals surface area contributed by atoms with Gasteiger partial charge in [0.05, 0.1) is 12.2 Å². The molecule has 36 heavy (non-hydrogen) atoms. The van der Waals surface area contributed by atoms with Gasteiger partial charge in [-0.3, -0.25) is 19.3 Å². The SMILES string of the molecule is Cc1cccc(OCC(=O)c2ccc3c(c2)N(Cc2ccc(C(=O)NCCC(C)C)o2)C(=O)CO3)c1. The van der Waals surface area contributed by atoms with Crippen LogP contribution in [0.2, 0.25) is 0 Å². The van der Waals surface area contributed by atoms with E-state index in [0.29, 0.717) is 41.0 Å². The third-order valence-electron chi connectivity index (χ3n) is 5.79. The predicted molar refractivity (Wildman–Crippen MR) is 135 cm³/mol. The molecule has 188 valence electrons. The summed E-state index contributed by atoms with van der Waals surface area (Å²) >= 11 is 0. The fourth-order valence-electron chi connectivity index (χ4n) is 3.79. The highest BCUT2D eigenvalue weighted by Crippen LogP contribution is 2.34. The van der Waals surface area contributed by atoms with Gasteiger partial charge in [-0.15, -0.1) is 0 Å². The molecule has 3 aromatic rings. The first-order valence-electron chi connectivity index (χ1n) is 12.0. The first kappa shape index (κ1) is 25.0. The number of fused-ring (bicyclic) bond motifs is 1. The van der Waals surface area contributed by atoms with Crippen LogP contribution in [0.4, 0.5) is 5.69 Å². The number of nitrogens with one attached hydrogen (secondary N) is 1. The average molecular weight is 491 g/mol. The Labute approximate surface area is 210 Å². The third kappa shape index (κ3) is 6.13. The fourth-order valence-corrected chi connectivity index (χ4v) is 3.79. The molecule has 1 aliphatic rings. The van der Waals surface area contributed by atoms with Gasteiger partial charge in [0.2, 0.25) is 0 Å². The summed E-state index contributed by atoms with van der Waals surface area (Å²) in [6.45, 7) is 6.53. The highest BCUT2D eigenvalue weighted by molar-refractivity contribution is 6.02. The van der Waals surface area contributed by atoms with Crippen LogP contribution >= 0.6 is 0 Å². The maximum absolute atomic E-state index is 12.8. The number of ketones is 1. The van der Waals surface area contributed by atoms with Crippen LogP contribution in [0.3, 0.4) is 0 Å². The van der Waals surface area contributed by atoms with Crippen molar-refractivity contribution in [2.24, 2.45) is 5.92 Å². The van der Waals surface area contributed by atoms with Crippen molar-refractivity contribution in [1.82, 2.24) is 5.32 Å². The van der Waals surface area contributed by atoms with Crippen molar-refractivity contribution >= 4 is 23.3 Å². The minimum Gasteiger partial charge on any atom is -0.485 e. The Balaban J connectivity index is 1.45. The summed E-state index contributed by atoms with van der Waals surface area (Å²) in [6, 6.07) is 15.7. The molecule has 8 heteroatoms. The lowest BCUT2D eigenvalue weighted by Gasteiger charge is -2.29. The van der Waals surface area contributed by atoms with Gasteiger partial charge >= 0.3 is 0 Å². The zero-order valence-corrected chi connectivity index (χ0v) is 20.7. The summed E-state index contributed by atoms with van der Waals surface area (Å²) < 4.78 is 16.9. The molecule has 1 aromatic heterocycles. The molecule has 0 fully saturated rings. The Morgan fingerprint density at radius 2 is 1.94 bits per heavy atom. The van der Waals surface area contributed by atoms with Crippen molar-refractivity contribution in [2.75, 3.05) is 24.7 Å². The Hall–Kier alpha value is -4.07. The second kappa shape index (κ2) is 11.1. The molecular formula is C28H30N2O6. The number of carbonyl (C=O) groups excluding carboxylic acids is 3. The van der Waals surface area contributed by atoms with Crippen molar-refractivity contribution in [3.05, 3.63) is 77.2 Å². The van der Waals surface area contributed by atoms with Gasteiger partial charge in [0, 0.05) is 12.1 Å². The molecule has 1 N–H and O–H groups in total. The van der Waals surface area contributed by atoms with E-state index in [2.05, 4.69) is 19.2 Å². The second-order valence-corrected chi connectivity index (χ2v) is 9.18. The summed E-state index contributed by atoms with van der Waals surface area (Å²) in [4.78, 5) is 39.3. The molecule has 0 saturated heterocycles. The number of carbonyl (C=O) groups is 3. The minimum atomic E-state index is -0.294. The molecule has 8 nitrogen and oxygen atoms in total. The number of hydrogen-bond acceptors (Lipinski definition) is 6. The Morgan fingerprint density at radius 1 is 1.11 bits per heavy atom. The number of amides is 2. The summed E-state index contributed by atoms with van der Waals surface area (Å²) in [5.74, 6) is 1.43. The molecule has 1 aliphatic heterocycles. The van der Waals surface area contributed by atoms with Crippen molar-refractivity contribution in [3.63, 3.8) is 0 Å². The number of ether oxygens (including phenoxy) is 2. The summed E-state index contributed by atoms with van der Waals surface area (Å²) in [5, 5.41) is 2.84. The second-order valence-electron chi connectivity index (χ2n) is 9.18. The molecule has 4 rings (SSSR count). The van der Waals surface area contributed by atoms with Crippen LogP contribution < -0.4 is 19.7 Å². The van der Waals surface area contributed by atoms with E-state index in [-0.39, 0.29) is 43.1 Å². The van der Waals surface area contributed by atoms with Crippen LogP contribution in [0.25, 0.3) is 0 Å². The molecular weight excluding hydrogens is 460 g/mol. The largest absolute Gasteiger partial charge is 0.485 e. The van der Waals surface area contributed by atoms with Crippen LogP contribution in [0.5, 0.6) is 11.5 Å². The molecule has 0 unspecified atom stereocenters. The number of anilines is 1. The molecule has 0 aliphatic carbocycles. The van der Waals surface area contributed by atoms with E-state index in [1.165, 1.54) is 4.90 Å². The van der Waals surface area contributed by atoms with Crippen molar-refractivity contribution < 1.29 is 28.3 Å². The maximum Gasteiger partial charge on any atom is 0.286 e. The molecule has 0 atom stereocenters. The molecule has 2 aromatic carbocycles. The van der Waals surface area contributed by atoms with Crippen LogP contribution in [0.1, 0.15) is 52.5 Å². The van der Waals surface area contributed by atoms with Crippen LogP contribution in [-0.4, -0.2) is 37.4 Å². The lowest BCUT2D eigenvalue weighted by Crippen LogP contribution is -2.38. The van der Waals surface area contributed by atoms with E-state index in [1.54, 1.807) is 36.4 Å². The van der Waals surface area contributed by atoms with Crippen molar-refractivity contribution in [3.8, 4) is 11.5 Å².